The lowest BCUT2D eigenvalue weighted by Crippen LogP contribution is -2.30. The standard InChI is InChI=1S/C26H32N4/c1-30-15-12-19(13-16-30)5-4-14-27-18-20-8-10-21(11-9-20)25-24-17-22-6-2-3-7-23(22)26(24)29-28-25/h2-3,6-11,19,27H,4-5,12-18H2,1H3,(H,28,29). The molecule has 1 aliphatic heterocycles. The van der Waals surface area contributed by atoms with E-state index in [2.05, 4.69) is 76.0 Å². The smallest absolute Gasteiger partial charge is 0.0962 e. The van der Waals surface area contributed by atoms with E-state index in [1.54, 1.807) is 0 Å². The van der Waals surface area contributed by atoms with Crippen LogP contribution in [0, 0.1) is 5.92 Å². The largest absolute Gasteiger partial charge is 0.313 e. The molecule has 1 aromatic heterocycles. The highest BCUT2D eigenvalue weighted by Gasteiger charge is 2.24. The van der Waals surface area contributed by atoms with Gasteiger partial charge >= 0.3 is 0 Å². The zero-order valence-electron chi connectivity index (χ0n) is 18.0. The molecule has 2 heterocycles. The van der Waals surface area contributed by atoms with Crippen LogP contribution in [0.1, 0.15) is 42.4 Å². The molecule has 4 nitrogen and oxygen atoms in total. The van der Waals surface area contributed by atoms with Gasteiger partial charge in [-0.05, 0) is 69.4 Å². The van der Waals surface area contributed by atoms with Gasteiger partial charge < -0.3 is 10.2 Å². The van der Waals surface area contributed by atoms with Gasteiger partial charge in [-0.15, -0.1) is 0 Å². The lowest BCUT2D eigenvalue weighted by atomic mass is 9.92. The highest BCUT2D eigenvalue weighted by atomic mass is 15.1. The molecule has 1 fully saturated rings. The summed E-state index contributed by atoms with van der Waals surface area (Å²) < 4.78 is 0. The van der Waals surface area contributed by atoms with Gasteiger partial charge in [-0.3, -0.25) is 5.10 Å². The van der Waals surface area contributed by atoms with Crippen molar-refractivity contribution in [3.05, 3.63) is 65.2 Å². The van der Waals surface area contributed by atoms with Crippen LogP contribution in [-0.4, -0.2) is 41.8 Å². The summed E-state index contributed by atoms with van der Waals surface area (Å²) >= 11 is 0. The van der Waals surface area contributed by atoms with E-state index in [9.17, 15) is 0 Å². The van der Waals surface area contributed by atoms with E-state index in [4.69, 9.17) is 0 Å². The molecule has 0 unspecified atom stereocenters. The number of hydrogen-bond donors (Lipinski definition) is 2. The highest BCUT2D eigenvalue weighted by Crippen LogP contribution is 2.39. The maximum absolute atomic E-state index is 4.63. The van der Waals surface area contributed by atoms with E-state index in [1.165, 1.54) is 72.3 Å². The second kappa shape index (κ2) is 8.75. The minimum absolute atomic E-state index is 0.934. The Hall–Kier alpha value is -2.43. The topological polar surface area (TPSA) is 44.0 Å². The van der Waals surface area contributed by atoms with Crippen molar-refractivity contribution in [1.82, 2.24) is 20.4 Å². The van der Waals surface area contributed by atoms with Gasteiger partial charge in [0.25, 0.3) is 0 Å². The van der Waals surface area contributed by atoms with Gasteiger partial charge in [0.05, 0.1) is 11.4 Å². The zero-order valence-corrected chi connectivity index (χ0v) is 18.0. The number of aromatic nitrogens is 2. The van der Waals surface area contributed by atoms with Gasteiger partial charge in [-0.2, -0.15) is 5.10 Å². The number of H-pyrrole nitrogens is 1. The van der Waals surface area contributed by atoms with Gasteiger partial charge in [0.2, 0.25) is 0 Å². The summed E-state index contributed by atoms with van der Waals surface area (Å²) in [5.74, 6) is 0.934. The van der Waals surface area contributed by atoms with Crippen LogP contribution < -0.4 is 5.32 Å². The number of hydrogen-bond acceptors (Lipinski definition) is 3. The van der Waals surface area contributed by atoms with Crippen molar-refractivity contribution in [3.8, 4) is 22.5 Å². The van der Waals surface area contributed by atoms with Crippen molar-refractivity contribution in [3.63, 3.8) is 0 Å². The Bertz CT molecular complexity index is 981. The summed E-state index contributed by atoms with van der Waals surface area (Å²) in [6.07, 6.45) is 6.37. The first kappa shape index (κ1) is 19.5. The van der Waals surface area contributed by atoms with Crippen molar-refractivity contribution >= 4 is 0 Å². The van der Waals surface area contributed by atoms with Gasteiger partial charge in [0.15, 0.2) is 0 Å². The van der Waals surface area contributed by atoms with E-state index >= 15 is 0 Å². The number of likely N-dealkylation sites (tertiary alicyclic amines) is 1. The average Bonchev–Trinajstić information content (AvgIpc) is 3.35. The van der Waals surface area contributed by atoms with Gasteiger partial charge in [-0.1, -0.05) is 48.5 Å². The molecule has 5 rings (SSSR count). The van der Waals surface area contributed by atoms with Crippen molar-refractivity contribution in [2.75, 3.05) is 26.7 Å². The number of rotatable bonds is 7. The third kappa shape index (κ3) is 4.07. The summed E-state index contributed by atoms with van der Waals surface area (Å²) in [5.41, 5.74) is 8.85. The molecule has 1 saturated heterocycles. The van der Waals surface area contributed by atoms with Crippen molar-refractivity contribution in [1.29, 1.82) is 0 Å². The fraction of sp³-hybridized carbons (Fsp3) is 0.423. The quantitative estimate of drug-likeness (QED) is 0.436. The van der Waals surface area contributed by atoms with Crippen molar-refractivity contribution < 1.29 is 0 Å². The molecule has 30 heavy (non-hydrogen) atoms. The fourth-order valence-electron chi connectivity index (χ4n) is 4.99. The van der Waals surface area contributed by atoms with E-state index < -0.39 is 0 Å². The third-order valence-electron chi connectivity index (χ3n) is 6.88. The van der Waals surface area contributed by atoms with Crippen LogP contribution in [-0.2, 0) is 13.0 Å². The normalized spacial score (nSPS) is 16.6. The first-order valence-corrected chi connectivity index (χ1v) is 11.4. The van der Waals surface area contributed by atoms with E-state index in [0.29, 0.717) is 0 Å². The number of benzene rings is 2. The lowest BCUT2D eigenvalue weighted by Gasteiger charge is -2.28. The number of nitrogens with one attached hydrogen (secondary N) is 2. The second-order valence-electron chi connectivity index (χ2n) is 9.02. The molecule has 0 radical (unpaired) electrons. The van der Waals surface area contributed by atoms with Crippen LogP contribution in [0.5, 0.6) is 0 Å². The lowest BCUT2D eigenvalue weighted by molar-refractivity contribution is 0.210. The van der Waals surface area contributed by atoms with Crippen LogP contribution in [0.25, 0.3) is 22.5 Å². The predicted molar refractivity (Wildman–Crippen MR) is 123 cm³/mol. The zero-order chi connectivity index (χ0) is 20.3. The van der Waals surface area contributed by atoms with Crippen LogP contribution in [0.15, 0.2) is 48.5 Å². The Morgan fingerprint density at radius 1 is 1.07 bits per heavy atom. The third-order valence-corrected chi connectivity index (χ3v) is 6.88. The molecule has 3 aromatic rings. The molecular formula is C26H32N4. The van der Waals surface area contributed by atoms with Crippen LogP contribution in [0.4, 0.5) is 0 Å². The van der Waals surface area contributed by atoms with Gasteiger partial charge in [-0.25, -0.2) is 0 Å². The summed E-state index contributed by atoms with van der Waals surface area (Å²) in [7, 11) is 2.24. The summed E-state index contributed by atoms with van der Waals surface area (Å²) in [4.78, 5) is 2.45. The Labute approximate surface area is 179 Å². The summed E-state index contributed by atoms with van der Waals surface area (Å²) in [5, 5.41) is 11.5. The molecule has 4 heteroatoms. The van der Waals surface area contributed by atoms with Crippen molar-refractivity contribution in [2.24, 2.45) is 5.92 Å². The Kier molecular flexibility index (Phi) is 5.69. The molecule has 2 aliphatic rings. The second-order valence-corrected chi connectivity index (χ2v) is 9.02. The van der Waals surface area contributed by atoms with Crippen LogP contribution in [0.3, 0.4) is 0 Å². The highest BCUT2D eigenvalue weighted by molar-refractivity contribution is 5.80. The predicted octanol–water partition coefficient (Wildman–Crippen LogP) is 4.86. The van der Waals surface area contributed by atoms with Gasteiger partial charge in [0, 0.05) is 29.7 Å². The Morgan fingerprint density at radius 2 is 1.87 bits per heavy atom. The minimum atomic E-state index is 0.934. The molecule has 0 amide bonds. The Balaban J connectivity index is 1.12. The Morgan fingerprint density at radius 3 is 2.70 bits per heavy atom. The molecule has 0 atom stereocenters. The van der Waals surface area contributed by atoms with E-state index in [1.807, 2.05) is 0 Å². The molecule has 156 valence electrons. The van der Waals surface area contributed by atoms with Crippen LogP contribution >= 0.6 is 0 Å². The first-order valence-electron chi connectivity index (χ1n) is 11.4. The number of aromatic amines is 1. The maximum atomic E-state index is 4.63. The molecule has 0 bridgehead atoms. The number of nitrogens with zero attached hydrogens (tertiary/aromatic N) is 2. The molecular weight excluding hydrogens is 368 g/mol. The number of piperidine rings is 1. The first-order chi connectivity index (χ1) is 14.8. The molecule has 0 saturated carbocycles. The molecule has 2 N–H and O–H groups in total. The summed E-state index contributed by atoms with van der Waals surface area (Å²) in [6.45, 7) is 4.60. The minimum Gasteiger partial charge on any atom is -0.313 e. The van der Waals surface area contributed by atoms with Crippen molar-refractivity contribution in [2.45, 2.75) is 38.6 Å². The SMILES string of the molecule is CN1CCC(CCCNCc2ccc(-c3n[nH]c4c3Cc3ccccc3-4)cc2)CC1. The fourth-order valence-corrected chi connectivity index (χ4v) is 4.99. The molecule has 1 aliphatic carbocycles. The maximum Gasteiger partial charge on any atom is 0.0962 e. The van der Waals surface area contributed by atoms with Crippen LogP contribution in [0.2, 0.25) is 0 Å². The molecule has 2 aromatic carbocycles. The molecule has 0 spiro atoms. The van der Waals surface area contributed by atoms with E-state index in [-0.39, 0.29) is 0 Å². The van der Waals surface area contributed by atoms with E-state index in [0.717, 1.165) is 31.1 Å². The van der Waals surface area contributed by atoms with Gasteiger partial charge in [0.1, 0.15) is 0 Å². The number of fused-ring (bicyclic) bond motifs is 3. The monoisotopic (exact) mass is 400 g/mol. The average molecular weight is 401 g/mol. The summed E-state index contributed by atoms with van der Waals surface area (Å²) in [6, 6.07) is 17.5.